The highest BCUT2D eigenvalue weighted by Crippen LogP contribution is 2.65. The van der Waals surface area contributed by atoms with Crippen molar-refractivity contribution >= 4 is 0 Å². The highest BCUT2D eigenvalue weighted by atomic mass is 16.3. The van der Waals surface area contributed by atoms with Gasteiger partial charge in [0.15, 0.2) is 0 Å². The van der Waals surface area contributed by atoms with E-state index in [0.717, 1.165) is 49.4 Å². The molecule has 2 nitrogen and oxygen atoms in total. The molecule has 0 bridgehead atoms. The maximum Gasteiger partial charge on any atom is 0.0637 e. The van der Waals surface area contributed by atoms with E-state index in [1.165, 1.54) is 44.9 Å². The zero-order valence-corrected chi connectivity index (χ0v) is 19.7. The fourth-order valence-corrected chi connectivity index (χ4v) is 8.50. The van der Waals surface area contributed by atoms with Gasteiger partial charge in [-0.15, -0.1) is 0 Å². The summed E-state index contributed by atoms with van der Waals surface area (Å²) < 4.78 is 0. The highest BCUT2D eigenvalue weighted by Gasteiger charge is 2.57. The van der Waals surface area contributed by atoms with Crippen molar-refractivity contribution < 1.29 is 10.2 Å². The van der Waals surface area contributed by atoms with Crippen molar-refractivity contribution in [1.82, 2.24) is 0 Å². The van der Waals surface area contributed by atoms with E-state index >= 15 is 0 Å². The monoisotopic (exact) mass is 402 g/mol. The van der Waals surface area contributed by atoms with Gasteiger partial charge in [0, 0.05) is 5.41 Å². The molecule has 0 saturated heterocycles. The molecule has 4 rings (SSSR count). The molecule has 2 N–H and O–H groups in total. The van der Waals surface area contributed by atoms with E-state index in [1.54, 1.807) is 11.1 Å². The fraction of sp³-hybridized carbons (Fsp3) is 0.926. The second-order valence-corrected chi connectivity index (χ2v) is 12.3. The molecule has 0 spiro atoms. The predicted octanol–water partition coefficient (Wildman–Crippen LogP) is 6.50. The van der Waals surface area contributed by atoms with E-state index in [-0.39, 0.29) is 17.6 Å². The van der Waals surface area contributed by atoms with E-state index < -0.39 is 0 Å². The minimum atomic E-state index is -0.272. The first-order valence-corrected chi connectivity index (χ1v) is 12.8. The molecule has 29 heavy (non-hydrogen) atoms. The van der Waals surface area contributed by atoms with E-state index in [1.807, 2.05) is 0 Å². The zero-order valence-electron chi connectivity index (χ0n) is 19.7. The van der Waals surface area contributed by atoms with Gasteiger partial charge < -0.3 is 10.2 Å². The minimum Gasteiger partial charge on any atom is -0.393 e. The van der Waals surface area contributed by atoms with Crippen LogP contribution in [0.5, 0.6) is 0 Å². The third kappa shape index (κ3) is 3.65. The van der Waals surface area contributed by atoms with Crippen molar-refractivity contribution in [3.63, 3.8) is 0 Å². The van der Waals surface area contributed by atoms with Crippen LogP contribution in [0.1, 0.15) is 105 Å². The van der Waals surface area contributed by atoms with Gasteiger partial charge >= 0.3 is 0 Å². The Morgan fingerprint density at radius 3 is 2.48 bits per heavy atom. The van der Waals surface area contributed by atoms with Gasteiger partial charge in [-0.25, -0.2) is 0 Å². The Balaban J connectivity index is 1.54. The normalized spacial score (nSPS) is 45.7. The van der Waals surface area contributed by atoms with Crippen LogP contribution in [0.2, 0.25) is 0 Å². The molecule has 8 atom stereocenters. The smallest absolute Gasteiger partial charge is 0.0637 e. The molecular weight excluding hydrogens is 356 g/mol. The molecule has 166 valence electrons. The Kier molecular flexibility index (Phi) is 6.01. The van der Waals surface area contributed by atoms with Gasteiger partial charge in [-0.2, -0.15) is 0 Å². The molecule has 2 heteroatoms. The summed E-state index contributed by atoms with van der Waals surface area (Å²) >= 11 is 0. The Hall–Kier alpha value is -0.340. The summed E-state index contributed by atoms with van der Waals surface area (Å²) in [5, 5.41) is 21.5. The maximum absolute atomic E-state index is 11.2. The Morgan fingerprint density at radius 1 is 1.00 bits per heavy atom. The van der Waals surface area contributed by atoms with Crippen LogP contribution >= 0.6 is 0 Å². The first-order valence-electron chi connectivity index (χ1n) is 12.8. The lowest BCUT2D eigenvalue weighted by Crippen LogP contribution is -2.50. The molecular formula is C27H46O2. The lowest BCUT2D eigenvalue weighted by Gasteiger charge is -2.55. The number of rotatable bonds is 5. The maximum atomic E-state index is 11.2. The SMILES string of the molecule is CC(C)CCC[C@H](C)[C@H]1CC[C@H]2[C@@H]3C[C@@H](O)[C@@]4(C)C[C@@H](O)CCC4=C3CC[C@]12C. The number of aliphatic hydroxyl groups is 2. The van der Waals surface area contributed by atoms with Gasteiger partial charge in [0.2, 0.25) is 0 Å². The van der Waals surface area contributed by atoms with Crippen LogP contribution in [0.15, 0.2) is 11.1 Å². The third-order valence-electron chi connectivity index (χ3n) is 10.2. The van der Waals surface area contributed by atoms with Crippen LogP contribution in [-0.4, -0.2) is 22.4 Å². The summed E-state index contributed by atoms with van der Waals surface area (Å²) in [5.74, 6) is 3.90. The van der Waals surface area contributed by atoms with E-state index in [2.05, 4.69) is 34.6 Å². The minimum absolute atomic E-state index is 0.167. The fourth-order valence-electron chi connectivity index (χ4n) is 8.50. The summed E-state index contributed by atoms with van der Waals surface area (Å²) in [5.41, 5.74) is 3.58. The van der Waals surface area contributed by atoms with Gasteiger partial charge in [0.25, 0.3) is 0 Å². The van der Waals surface area contributed by atoms with Crippen molar-refractivity contribution in [3.05, 3.63) is 11.1 Å². The van der Waals surface area contributed by atoms with Crippen LogP contribution in [0, 0.1) is 40.4 Å². The summed E-state index contributed by atoms with van der Waals surface area (Å²) in [6.45, 7) is 12.1. The Labute approximate surface area is 179 Å². The lowest BCUT2D eigenvalue weighted by molar-refractivity contribution is -0.0455. The number of allylic oxidation sites excluding steroid dienone is 1. The quantitative estimate of drug-likeness (QED) is 0.515. The summed E-state index contributed by atoms with van der Waals surface area (Å²) in [6.07, 6.45) is 12.6. The van der Waals surface area contributed by atoms with E-state index in [0.29, 0.717) is 11.3 Å². The van der Waals surface area contributed by atoms with E-state index in [4.69, 9.17) is 0 Å². The van der Waals surface area contributed by atoms with Gasteiger partial charge in [-0.3, -0.25) is 0 Å². The lowest BCUT2D eigenvalue weighted by atomic mass is 9.50. The summed E-state index contributed by atoms with van der Waals surface area (Å²) in [7, 11) is 0. The second kappa shape index (κ2) is 7.97. The molecule has 0 aromatic carbocycles. The van der Waals surface area contributed by atoms with Crippen molar-refractivity contribution in [2.24, 2.45) is 40.4 Å². The van der Waals surface area contributed by atoms with E-state index in [9.17, 15) is 10.2 Å². The highest BCUT2D eigenvalue weighted by molar-refractivity contribution is 5.34. The average molecular weight is 403 g/mol. The van der Waals surface area contributed by atoms with Crippen molar-refractivity contribution in [2.75, 3.05) is 0 Å². The van der Waals surface area contributed by atoms with Gasteiger partial charge in [0.05, 0.1) is 12.2 Å². The first-order chi connectivity index (χ1) is 13.7. The Bertz CT molecular complexity index is 636. The molecule has 0 aromatic rings. The van der Waals surface area contributed by atoms with Crippen molar-refractivity contribution in [1.29, 1.82) is 0 Å². The number of hydrogen-bond acceptors (Lipinski definition) is 2. The molecule has 3 saturated carbocycles. The molecule has 4 aliphatic carbocycles. The van der Waals surface area contributed by atoms with Crippen LogP contribution in [0.25, 0.3) is 0 Å². The Morgan fingerprint density at radius 2 is 1.76 bits per heavy atom. The van der Waals surface area contributed by atoms with Gasteiger partial charge in [-0.1, -0.05) is 65.0 Å². The number of hydrogen-bond donors (Lipinski definition) is 2. The van der Waals surface area contributed by atoms with Crippen LogP contribution in [0.4, 0.5) is 0 Å². The molecule has 0 aliphatic heterocycles. The summed E-state index contributed by atoms with van der Waals surface area (Å²) in [6, 6.07) is 0. The molecule has 4 aliphatic rings. The van der Waals surface area contributed by atoms with Crippen molar-refractivity contribution in [3.8, 4) is 0 Å². The average Bonchev–Trinajstić information content (AvgIpc) is 2.99. The topological polar surface area (TPSA) is 40.5 Å². The standard InChI is InChI=1S/C27H46O2/c1-17(2)7-6-8-18(3)22-11-12-24-21-15-25(29)27(5)16-19(28)9-10-23(27)20(21)13-14-26(22,24)4/h17-19,21-22,24-25,28-29H,6-16H2,1-5H3/t18-,19-,21+,22+,24-,25+,26+,27-/m0/s1. The molecule has 0 heterocycles. The predicted molar refractivity (Wildman–Crippen MR) is 121 cm³/mol. The number of fused-ring (bicyclic) bond motifs is 4. The summed E-state index contributed by atoms with van der Waals surface area (Å²) in [4.78, 5) is 0. The number of aliphatic hydroxyl groups excluding tert-OH is 2. The van der Waals surface area contributed by atoms with Crippen molar-refractivity contribution in [2.45, 2.75) is 117 Å². The van der Waals surface area contributed by atoms with Crippen LogP contribution < -0.4 is 0 Å². The van der Waals surface area contributed by atoms with Crippen LogP contribution in [-0.2, 0) is 0 Å². The molecule has 0 aromatic heterocycles. The van der Waals surface area contributed by atoms with Crippen LogP contribution in [0.3, 0.4) is 0 Å². The first kappa shape index (κ1) is 21.9. The molecule has 0 amide bonds. The molecule has 0 unspecified atom stereocenters. The second-order valence-electron chi connectivity index (χ2n) is 12.3. The largest absolute Gasteiger partial charge is 0.393 e. The van der Waals surface area contributed by atoms with Gasteiger partial charge in [-0.05, 0) is 86.4 Å². The third-order valence-corrected chi connectivity index (χ3v) is 10.2. The van der Waals surface area contributed by atoms with Gasteiger partial charge in [0.1, 0.15) is 0 Å². The molecule has 0 radical (unpaired) electrons. The molecule has 3 fully saturated rings. The zero-order chi connectivity index (χ0) is 21.0.